The van der Waals surface area contributed by atoms with Gasteiger partial charge in [-0.15, -0.1) is 0 Å². The van der Waals surface area contributed by atoms with E-state index in [9.17, 15) is 4.79 Å². The molecule has 1 aromatic carbocycles. The summed E-state index contributed by atoms with van der Waals surface area (Å²) >= 11 is 0. The van der Waals surface area contributed by atoms with E-state index in [1.165, 1.54) is 0 Å². The molecule has 0 aliphatic rings. The van der Waals surface area contributed by atoms with Crippen LogP contribution in [0.5, 0.6) is 11.5 Å². The van der Waals surface area contributed by atoms with Gasteiger partial charge < -0.3 is 14.6 Å². The molecular formula is C16H24O4. The molecule has 4 nitrogen and oxygen atoms in total. The standard InChI is InChI=1S/C16H24O4/c1-16(2,3)13-10-12(19-4)9-11(15(13)20-5)7-6-8-14(17)18/h9-10H,6-8H2,1-5H3,(H,17,18). The Morgan fingerprint density at radius 2 is 1.85 bits per heavy atom. The first-order valence-corrected chi connectivity index (χ1v) is 6.76. The zero-order chi connectivity index (χ0) is 15.3. The number of carboxylic acids is 1. The number of ether oxygens (including phenoxy) is 2. The molecule has 0 heterocycles. The molecule has 0 unspecified atom stereocenters. The lowest BCUT2D eigenvalue weighted by Crippen LogP contribution is -2.14. The van der Waals surface area contributed by atoms with Gasteiger partial charge >= 0.3 is 5.97 Å². The molecule has 0 aliphatic heterocycles. The first-order valence-electron chi connectivity index (χ1n) is 6.76. The summed E-state index contributed by atoms with van der Waals surface area (Å²) < 4.78 is 10.9. The zero-order valence-electron chi connectivity index (χ0n) is 12.9. The average Bonchev–Trinajstić information content (AvgIpc) is 2.36. The third-order valence-corrected chi connectivity index (χ3v) is 3.22. The van der Waals surface area contributed by atoms with Crippen molar-refractivity contribution in [3.63, 3.8) is 0 Å². The van der Waals surface area contributed by atoms with Crippen molar-refractivity contribution in [2.75, 3.05) is 14.2 Å². The van der Waals surface area contributed by atoms with Crippen LogP contribution in [0.3, 0.4) is 0 Å². The van der Waals surface area contributed by atoms with Crippen molar-refractivity contribution < 1.29 is 19.4 Å². The Bertz CT molecular complexity index is 472. The van der Waals surface area contributed by atoms with E-state index in [2.05, 4.69) is 20.8 Å². The maximum Gasteiger partial charge on any atom is 0.303 e. The molecule has 1 N–H and O–H groups in total. The van der Waals surface area contributed by atoms with Crippen molar-refractivity contribution in [2.24, 2.45) is 0 Å². The van der Waals surface area contributed by atoms with Gasteiger partial charge in [0.05, 0.1) is 14.2 Å². The summed E-state index contributed by atoms with van der Waals surface area (Å²) in [4.78, 5) is 10.6. The van der Waals surface area contributed by atoms with Crippen LogP contribution in [0.2, 0.25) is 0 Å². The molecule has 4 heteroatoms. The number of aryl methyl sites for hydroxylation is 1. The van der Waals surface area contributed by atoms with E-state index in [0.717, 1.165) is 22.6 Å². The molecule has 0 aliphatic carbocycles. The Kier molecular flexibility index (Phi) is 5.43. The van der Waals surface area contributed by atoms with Gasteiger partial charge in [-0.05, 0) is 36.0 Å². The fraction of sp³-hybridized carbons (Fsp3) is 0.562. The Morgan fingerprint density at radius 3 is 2.30 bits per heavy atom. The van der Waals surface area contributed by atoms with E-state index in [0.29, 0.717) is 12.8 Å². The van der Waals surface area contributed by atoms with Crippen molar-refractivity contribution in [3.05, 3.63) is 23.3 Å². The van der Waals surface area contributed by atoms with Gasteiger partial charge in [0.2, 0.25) is 0 Å². The summed E-state index contributed by atoms with van der Waals surface area (Å²) in [5.74, 6) is 0.840. The number of benzene rings is 1. The highest BCUT2D eigenvalue weighted by molar-refractivity contribution is 5.66. The minimum Gasteiger partial charge on any atom is -0.497 e. The summed E-state index contributed by atoms with van der Waals surface area (Å²) in [5.41, 5.74) is 2.00. The van der Waals surface area contributed by atoms with Crippen LogP contribution in [0.4, 0.5) is 0 Å². The first-order chi connectivity index (χ1) is 9.29. The van der Waals surface area contributed by atoms with Gasteiger partial charge in [0.15, 0.2) is 0 Å². The van der Waals surface area contributed by atoms with Gasteiger partial charge in [-0.1, -0.05) is 20.8 Å². The number of hydrogen-bond donors (Lipinski definition) is 1. The van der Waals surface area contributed by atoms with Crippen molar-refractivity contribution >= 4 is 5.97 Å². The second-order valence-electron chi connectivity index (χ2n) is 5.86. The van der Waals surface area contributed by atoms with E-state index >= 15 is 0 Å². The van der Waals surface area contributed by atoms with Crippen LogP contribution in [-0.2, 0) is 16.6 Å². The molecule has 1 aromatic rings. The van der Waals surface area contributed by atoms with E-state index in [-0.39, 0.29) is 11.8 Å². The van der Waals surface area contributed by atoms with Gasteiger partial charge in [-0.2, -0.15) is 0 Å². The van der Waals surface area contributed by atoms with Crippen molar-refractivity contribution in [2.45, 2.75) is 45.4 Å². The van der Waals surface area contributed by atoms with Crippen LogP contribution in [-0.4, -0.2) is 25.3 Å². The fourth-order valence-corrected chi connectivity index (χ4v) is 2.19. The third-order valence-electron chi connectivity index (χ3n) is 3.22. The minimum atomic E-state index is -0.775. The molecular weight excluding hydrogens is 256 g/mol. The van der Waals surface area contributed by atoms with Gasteiger partial charge in [-0.3, -0.25) is 4.79 Å². The van der Waals surface area contributed by atoms with Crippen LogP contribution < -0.4 is 9.47 Å². The highest BCUT2D eigenvalue weighted by Gasteiger charge is 2.22. The molecule has 0 saturated carbocycles. The molecule has 0 radical (unpaired) electrons. The monoisotopic (exact) mass is 280 g/mol. The largest absolute Gasteiger partial charge is 0.497 e. The Hall–Kier alpha value is -1.71. The number of aliphatic carboxylic acids is 1. The molecule has 1 rings (SSSR count). The van der Waals surface area contributed by atoms with Crippen LogP contribution >= 0.6 is 0 Å². The fourth-order valence-electron chi connectivity index (χ4n) is 2.19. The summed E-state index contributed by atoms with van der Waals surface area (Å²) in [6.45, 7) is 6.35. The molecule has 0 fully saturated rings. The van der Waals surface area contributed by atoms with E-state index in [1.54, 1.807) is 14.2 Å². The lowest BCUT2D eigenvalue weighted by atomic mass is 9.84. The topological polar surface area (TPSA) is 55.8 Å². The predicted molar refractivity (Wildman–Crippen MR) is 78.8 cm³/mol. The van der Waals surface area contributed by atoms with Crippen molar-refractivity contribution in [1.82, 2.24) is 0 Å². The second-order valence-corrected chi connectivity index (χ2v) is 5.86. The molecule has 0 spiro atoms. The van der Waals surface area contributed by atoms with E-state index in [1.807, 2.05) is 12.1 Å². The van der Waals surface area contributed by atoms with Crippen LogP contribution in [0.15, 0.2) is 12.1 Å². The number of carbonyl (C=O) groups is 1. The minimum absolute atomic E-state index is 0.0680. The summed E-state index contributed by atoms with van der Waals surface area (Å²) in [7, 11) is 3.28. The molecule has 0 saturated heterocycles. The van der Waals surface area contributed by atoms with Gasteiger partial charge in [0, 0.05) is 12.0 Å². The lowest BCUT2D eigenvalue weighted by Gasteiger charge is -2.25. The number of carboxylic acid groups (broad SMARTS) is 1. The van der Waals surface area contributed by atoms with Gasteiger partial charge in [0.1, 0.15) is 11.5 Å². The zero-order valence-corrected chi connectivity index (χ0v) is 12.9. The third kappa shape index (κ3) is 4.15. The second kappa shape index (κ2) is 6.64. The molecule has 20 heavy (non-hydrogen) atoms. The SMILES string of the molecule is COc1cc(CCCC(=O)O)c(OC)c(C(C)(C)C)c1. The van der Waals surface area contributed by atoms with E-state index < -0.39 is 5.97 Å². The van der Waals surface area contributed by atoms with Crippen molar-refractivity contribution in [1.29, 1.82) is 0 Å². The van der Waals surface area contributed by atoms with Crippen LogP contribution in [0, 0.1) is 0 Å². The predicted octanol–water partition coefficient (Wildman–Crippen LogP) is 3.41. The first kappa shape index (κ1) is 16.3. The van der Waals surface area contributed by atoms with Crippen LogP contribution in [0.1, 0.15) is 44.7 Å². The molecule has 0 aromatic heterocycles. The highest BCUT2D eigenvalue weighted by Crippen LogP contribution is 2.38. The summed E-state index contributed by atoms with van der Waals surface area (Å²) in [6.07, 6.45) is 1.41. The smallest absolute Gasteiger partial charge is 0.303 e. The molecule has 0 amide bonds. The Labute approximate surface area is 120 Å². The lowest BCUT2D eigenvalue weighted by molar-refractivity contribution is -0.137. The number of rotatable bonds is 6. The van der Waals surface area contributed by atoms with Crippen molar-refractivity contribution in [3.8, 4) is 11.5 Å². The quantitative estimate of drug-likeness (QED) is 0.867. The molecule has 112 valence electrons. The maximum atomic E-state index is 10.6. The normalized spacial score (nSPS) is 11.2. The summed E-state index contributed by atoms with van der Waals surface area (Å²) in [6, 6.07) is 3.91. The Balaban J connectivity index is 3.16. The molecule has 0 bridgehead atoms. The highest BCUT2D eigenvalue weighted by atomic mass is 16.5. The molecule has 0 atom stereocenters. The average molecular weight is 280 g/mol. The number of methoxy groups -OCH3 is 2. The number of hydrogen-bond acceptors (Lipinski definition) is 3. The van der Waals surface area contributed by atoms with Crippen LogP contribution in [0.25, 0.3) is 0 Å². The van der Waals surface area contributed by atoms with E-state index in [4.69, 9.17) is 14.6 Å². The van der Waals surface area contributed by atoms with Gasteiger partial charge in [0.25, 0.3) is 0 Å². The Morgan fingerprint density at radius 1 is 1.20 bits per heavy atom. The summed E-state index contributed by atoms with van der Waals surface area (Å²) in [5, 5.41) is 8.75. The maximum absolute atomic E-state index is 10.6. The van der Waals surface area contributed by atoms with Gasteiger partial charge in [-0.25, -0.2) is 0 Å².